The molecule has 1 aliphatic heterocycles. The molecular formula is C19H26N2O2. The van der Waals surface area contributed by atoms with Crippen LogP contribution in [0.4, 0.5) is 0 Å². The van der Waals surface area contributed by atoms with Crippen LogP contribution in [0.2, 0.25) is 0 Å². The third kappa shape index (κ3) is 3.27. The van der Waals surface area contributed by atoms with E-state index in [1.165, 1.54) is 36.9 Å². The van der Waals surface area contributed by atoms with Gasteiger partial charge in [-0.1, -0.05) is 6.07 Å². The number of hydrogen-bond donors (Lipinski definition) is 1. The van der Waals surface area contributed by atoms with Crippen LogP contribution >= 0.6 is 0 Å². The maximum absolute atomic E-state index is 10.6. The molecule has 1 aromatic carbocycles. The number of rotatable bonds is 5. The van der Waals surface area contributed by atoms with E-state index < -0.39 is 0 Å². The van der Waals surface area contributed by atoms with Crippen LogP contribution in [0.1, 0.15) is 56.8 Å². The predicted octanol–water partition coefficient (Wildman–Crippen LogP) is 3.99. The monoisotopic (exact) mass is 314 g/mol. The lowest BCUT2D eigenvalue weighted by atomic mass is 9.88. The molecule has 4 nitrogen and oxygen atoms in total. The number of likely N-dealkylation sites (tertiary alicyclic amines) is 1. The fourth-order valence-electron chi connectivity index (χ4n) is 3.66. The van der Waals surface area contributed by atoms with E-state index in [1.54, 1.807) is 0 Å². The Balaban J connectivity index is 1.82. The summed E-state index contributed by atoms with van der Waals surface area (Å²) in [4.78, 5) is 16.4. The summed E-state index contributed by atoms with van der Waals surface area (Å²) in [5.74, 6) is 0.624. The molecular weight excluding hydrogens is 288 g/mol. The third-order valence-corrected chi connectivity index (χ3v) is 5.17. The van der Waals surface area contributed by atoms with Crippen LogP contribution in [-0.4, -0.2) is 35.5 Å². The number of aromatic nitrogens is 1. The van der Waals surface area contributed by atoms with Crippen molar-refractivity contribution in [3.05, 3.63) is 35.5 Å². The SMILES string of the molecule is CC(OC=O)c1c[nH]c2ccc(C3CCN(C(C)C)CC3)cc12. The molecule has 124 valence electrons. The number of carbonyl (C=O) groups is 1. The second kappa shape index (κ2) is 6.75. The molecule has 0 amide bonds. The highest BCUT2D eigenvalue weighted by Crippen LogP contribution is 2.33. The summed E-state index contributed by atoms with van der Waals surface area (Å²) in [5, 5.41) is 1.17. The van der Waals surface area contributed by atoms with Crippen molar-refractivity contribution in [3.8, 4) is 0 Å². The van der Waals surface area contributed by atoms with E-state index in [1.807, 2.05) is 13.1 Å². The lowest BCUT2D eigenvalue weighted by Gasteiger charge is -2.34. The summed E-state index contributed by atoms with van der Waals surface area (Å²) in [5.41, 5.74) is 3.55. The summed E-state index contributed by atoms with van der Waals surface area (Å²) in [7, 11) is 0. The van der Waals surface area contributed by atoms with Crippen molar-refractivity contribution < 1.29 is 9.53 Å². The lowest BCUT2D eigenvalue weighted by Crippen LogP contribution is -2.37. The van der Waals surface area contributed by atoms with Gasteiger partial charge in [0.25, 0.3) is 6.47 Å². The Bertz CT molecular complexity index is 669. The van der Waals surface area contributed by atoms with E-state index in [9.17, 15) is 4.79 Å². The van der Waals surface area contributed by atoms with Crippen molar-refractivity contribution in [1.82, 2.24) is 9.88 Å². The van der Waals surface area contributed by atoms with Crippen LogP contribution in [0.3, 0.4) is 0 Å². The van der Waals surface area contributed by atoms with Crippen molar-refractivity contribution in [2.45, 2.75) is 51.7 Å². The Kier molecular flexibility index (Phi) is 4.71. The van der Waals surface area contributed by atoms with Gasteiger partial charge in [0.1, 0.15) is 6.10 Å². The minimum atomic E-state index is -0.223. The molecule has 2 heterocycles. The molecule has 1 unspecified atom stereocenters. The number of H-pyrrole nitrogens is 1. The average molecular weight is 314 g/mol. The summed E-state index contributed by atoms with van der Waals surface area (Å²) in [6.07, 6.45) is 4.15. The van der Waals surface area contributed by atoms with Gasteiger partial charge in [-0.05, 0) is 70.3 Å². The Hall–Kier alpha value is -1.81. The molecule has 0 radical (unpaired) electrons. The van der Waals surface area contributed by atoms with Crippen LogP contribution in [0.15, 0.2) is 24.4 Å². The number of benzene rings is 1. The average Bonchev–Trinajstić information content (AvgIpc) is 2.98. The first-order valence-electron chi connectivity index (χ1n) is 8.54. The molecule has 0 saturated carbocycles. The van der Waals surface area contributed by atoms with Gasteiger partial charge in [-0.25, -0.2) is 0 Å². The van der Waals surface area contributed by atoms with Crippen LogP contribution in [0.25, 0.3) is 10.9 Å². The predicted molar refractivity (Wildman–Crippen MR) is 92.5 cm³/mol. The topological polar surface area (TPSA) is 45.3 Å². The molecule has 0 spiro atoms. The summed E-state index contributed by atoms with van der Waals surface area (Å²) in [6, 6.07) is 7.30. The molecule has 0 bridgehead atoms. The second-order valence-electron chi connectivity index (χ2n) is 6.83. The molecule has 1 aromatic heterocycles. The zero-order chi connectivity index (χ0) is 16.4. The zero-order valence-corrected chi connectivity index (χ0v) is 14.2. The molecule has 4 heteroatoms. The first-order chi connectivity index (χ1) is 11.1. The minimum Gasteiger partial charge on any atom is -0.460 e. The van der Waals surface area contributed by atoms with Crippen LogP contribution in [-0.2, 0) is 9.53 Å². The largest absolute Gasteiger partial charge is 0.460 e. The number of nitrogens with zero attached hydrogens (tertiary/aromatic N) is 1. The number of hydrogen-bond acceptors (Lipinski definition) is 3. The molecule has 2 aromatic rings. The van der Waals surface area contributed by atoms with Gasteiger partial charge in [0.05, 0.1) is 0 Å². The van der Waals surface area contributed by atoms with Crippen LogP contribution in [0, 0.1) is 0 Å². The smallest absolute Gasteiger partial charge is 0.293 e. The van der Waals surface area contributed by atoms with Crippen molar-refractivity contribution in [3.63, 3.8) is 0 Å². The van der Waals surface area contributed by atoms with E-state index in [0.717, 1.165) is 11.1 Å². The van der Waals surface area contributed by atoms with Crippen LogP contribution < -0.4 is 0 Å². The zero-order valence-electron chi connectivity index (χ0n) is 14.2. The molecule has 1 aliphatic rings. The normalized spacial score (nSPS) is 18.4. The molecule has 1 N–H and O–H groups in total. The van der Waals surface area contributed by atoms with Crippen molar-refractivity contribution in [1.29, 1.82) is 0 Å². The minimum absolute atomic E-state index is 0.223. The lowest BCUT2D eigenvalue weighted by molar-refractivity contribution is -0.133. The van der Waals surface area contributed by atoms with Gasteiger partial charge in [0, 0.05) is 28.7 Å². The summed E-state index contributed by atoms with van der Waals surface area (Å²) < 4.78 is 5.11. The van der Waals surface area contributed by atoms with Gasteiger partial charge in [0.15, 0.2) is 0 Å². The number of ether oxygens (including phenoxy) is 1. The second-order valence-corrected chi connectivity index (χ2v) is 6.83. The highest BCUT2D eigenvalue weighted by atomic mass is 16.5. The molecule has 0 aliphatic carbocycles. The number of nitrogens with one attached hydrogen (secondary N) is 1. The third-order valence-electron chi connectivity index (χ3n) is 5.17. The van der Waals surface area contributed by atoms with Crippen molar-refractivity contribution in [2.75, 3.05) is 13.1 Å². The highest BCUT2D eigenvalue weighted by molar-refractivity contribution is 5.84. The Morgan fingerprint density at radius 3 is 2.65 bits per heavy atom. The Morgan fingerprint density at radius 1 is 1.26 bits per heavy atom. The summed E-state index contributed by atoms with van der Waals surface area (Å²) in [6.45, 7) is 9.32. The van der Waals surface area contributed by atoms with Gasteiger partial charge in [-0.2, -0.15) is 0 Å². The van der Waals surface area contributed by atoms with Gasteiger partial charge in [-0.3, -0.25) is 4.79 Å². The van der Waals surface area contributed by atoms with E-state index in [0.29, 0.717) is 18.4 Å². The number of aromatic amines is 1. The number of fused-ring (bicyclic) bond motifs is 1. The maximum atomic E-state index is 10.6. The van der Waals surface area contributed by atoms with E-state index >= 15 is 0 Å². The Labute approximate surface area is 137 Å². The molecule has 23 heavy (non-hydrogen) atoms. The first kappa shape index (κ1) is 16.1. The number of piperidine rings is 1. The molecule has 3 rings (SSSR count). The maximum Gasteiger partial charge on any atom is 0.293 e. The van der Waals surface area contributed by atoms with Gasteiger partial charge in [0.2, 0.25) is 0 Å². The molecule has 1 saturated heterocycles. The highest BCUT2D eigenvalue weighted by Gasteiger charge is 2.23. The van der Waals surface area contributed by atoms with Crippen molar-refractivity contribution >= 4 is 17.4 Å². The summed E-state index contributed by atoms with van der Waals surface area (Å²) >= 11 is 0. The Morgan fingerprint density at radius 2 is 2.00 bits per heavy atom. The standard InChI is InChI=1S/C19H26N2O2/c1-13(2)21-8-6-15(7-9-21)16-4-5-19-17(10-16)18(11-20-19)14(3)23-12-22/h4-5,10-15,20H,6-9H2,1-3H3. The van der Waals surface area contributed by atoms with Gasteiger partial charge < -0.3 is 14.6 Å². The van der Waals surface area contributed by atoms with Gasteiger partial charge >= 0.3 is 0 Å². The fraction of sp³-hybridized carbons (Fsp3) is 0.526. The van der Waals surface area contributed by atoms with E-state index in [-0.39, 0.29) is 6.10 Å². The quantitative estimate of drug-likeness (QED) is 0.849. The fourth-order valence-corrected chi connectivity index (χ4v) is 3.66. The van der Waals surface area contributed by atoms with Crippen LogP contribution in [0.5, 0.6) is 0 Å². The van der Waals surface area contributed by atoms with Crippen molar-refractivity contribution in [2.24, 2.45) is 0 Å². The van der Waals surface area contributed by atoms with E-state index in [2.05, 4.69) is 41.9 Å². The first-order valence-corrected chi connectivity index (χ1v) is 8.54. The molecule has 1 fully saturated rings. The van der Waals surface area contributed by atoms with Gasteiger partial charge in [-0.15, -0.1) is 0 Å². The van der Waals surface area contributed by atoms with E-state index in [4.69, 9.17) is 4.74 Å². The molecule has 1 atom stereocenters. The number of carbonyl (C=O) groups excluding carboxylic acids is 1.